The van der Waals surface area contributed by atoms with Crippen molar-refractivity contribution in [1.29, 1.82) is 0 Å². The Morgan fingerprint density at radius 2 is 2.07 bits per heavy atom. The van der Waals surface area contributed by atoms with Crippen molar-refractivity contribution in [3.05, 3.63) is 35.4 Å². The van der Waals surface area contributed by atoms with E-state index in [0.717, 1.165) is 6.07 Å². The summed E-state index contributed by atoms with van der Waals surface area (Å²) in [6.45, 7) is 2.64. The van der Waals surface area contributed by atoms with E-state index in [1.165, 1.54) is 12.1 Å². The Morgan fingerprint density at radius 1 is 1.33 bits per heavy atom. The molecule has 0 aliphatic rings. The van der Waals surface area contributed by atoms with Gasteiger partial charge < -0.3 is 10.4 Å². The number of benzene rings is 1. The van der Waals surface area contributed by atoms with Crippen LogP contribution in [0.15, 0.2) is 18.2 Å². The van der Waals surface area contributed by atoms with Crippen LogP contribution in [0.3, 0.4) is 0 Å². The minimum Gasteiger partial charge on any atom is -0.396 e. The molecule has 0 radical (unpaired) electrons. The van der Waals surface area contributed by atoms with Crippen molar-refractivity contribution in [2.45, 2.75) is 19.4 Å². The highest BCUT2D eigenvalue weighted by Gasteiger charge is 2.11. The molecule has 15 heavy (non-hydrogen) atoms. The standard InChI is InChI=1S/C11H15F2NO/c1-2-14-11(5-6-15)8-3-4-9(12)10(13)7-8/h3-4,7,11,14-15H,2,5-6H2,1H3. The van der Waals surface area contributed by atoms with Crippen molar-refractivity contribution in [3.8, 4) is 0 Å². The van der Waals surface area contributed by atoms with Crippen LogP contribution in [0.1, 0.15) is 24.9 Å². The van der Waals surface area contributed by atoms with E-state index in [4.69, 9.17) is 5.11 Å². The van der Waals surface area contributed by atoms with Crippen LogP contribution >= 0.6 is 0 Å². The number of aliphatic hydroxyl groups excluding tert-OH is 1. The molecule has 0 aromatic heterocycles. The fraction of sp³-hybridized carbons (Fsp3) is 0.455. The van der Waals surface area contributed by atoms with Crippen molar-refractivity contribution in [2.24, 2.45) is 0 Å². The molecule has 2 N–H and O–H groups in total. The van der Waals surface area contributed by atoms with Crippen LogP contribution in [0.5, 0.6) is 0 Å². The quantitative estimate of drug-likeness (QED) is 0.787. The van der Waals surface area contributed by atoms with Gasteiger partial charge in [0.1, 0.15) is 0 Å². The molecule has 1 aromatic rings. The third kappa shape index (κ3) is 3.25. The maximum absolute atomic E-state index is 13.0. The van der Waals surface area contributed by atoms with Gasteiger partial charge in [0, 0.05) is 12.6 Å². The van der Waals surface area contributed by atoms with Crippen LogP contribution < -0.4 is 5.32 Å². The third-order valence-electron chi connectivity index (χ3n) is 2.21. The van der Waals surface area contributed by atoms with E-state index in [2.05, 4.69) is 5.32 Å². The van der Waals surface area contributed by atoms with Gasteiger partial charge in [-0.05, 0) is 30.7 Å². The van der Waals surface area contributed by atoms with Gasteiger partial charge in [0.15, 0.2) is 11.6 Å². The van der Waals surface area contributed by atoms with E-state index in [1.54, 1.807) is 0 Å². The summed E-state index contributed by atoms with van der Waals surface area (Å²) in [6.07, 6.45) is 0.485. The van der Waals surface area contributed by atoms with Crippen molar-refractivity contribution in [2.75, 3.05) is 13.2 Å². The first-order chi connectivity index (χ1) is 7.19. The molecule has 0 bridgehead atoms. The molecule has 4 heteroatoms. The van der Waals surface area contributed by atoms with Gasteiger partial charge in [-0.25, -0.2) is 8.78 Å². The second-order valence-corrected chi connectivity index (χ2v) is 3.30. The number of halogens is 2. The SMILES string of the molecule is CCNC(CCO)c1ccc(F)c(F)c1. The van der Waals surface area contributed by atoms with Gasteiger partial charge in [-0.1, -0.05) is 13.0 Å². The second kappa shape index (κ2) is 5.78. The van der Waals surface area contributed by atoms with Gasteiger partial charge in [0.2, 0.25) is 0 Å². The largest absolute Gasteiger partial charge is 0.396 e. The molecule has 1 atom stereocenters. The zero-order chi connectivity index (χ0) is 11.3. The third-order valence-corrected chi connectivity index (χ3v) is 2.21. The van der Waals surface area contributed by atoms with Crippen LogP contribution in [0.4, 0.5) is 8.78 Å². The lowest BCUT2D eigenvalue weighted by atomic mass is 10.0. The number of aliphatic hydroxyl groups is 1. The monoisotopic (exact) mass is 215 g/mol. The van der Waals surface area contributed by atoms with E-state index in [0.29, 0.717) is 18.5 Å². The molecule has 1 aromatic carbocycles. The van der Waals surface area contributed by atoms with E-state index >= 15 is 0 Å². The predicted octanol–water partition coefficient (Wildman–Crippen LogP) is 2.00. The number of rotatable bonds is 5. The Bertz CT molecular complexity index is 311. The van der Waals surface area contributed by atoms with Crippen LogP contribution in [0, 0.1) is 11.6 Å². The fourth-order valence-corrected chi connectivity index (χ4v) is 1.49. The molecule has 0 aliphatic heterocycles. The summed E-state index contributed by atoms with van der Waals surface area (Å²) in [4.78, 5) is 0. The Kier molecular flexibility index (Phi) is 4.65. The maximum Gasteiger partial charge on any atom is 0.159 e. The normalized spacial score (nSPS) is 12.8. The lowest BCUT2D eigenvalue weighted by Crippen LogP contribution is -2.22. The smallest absolute Gasteiger partial charge is 0.159 e. The fourth-order valence-electron chi connectivity index (χ4n) is 1.49. The summed E-state index contributed by atoms with van der Waals surface area (Å²) in [5, 5.41) is 11.9. The summed E-state index contributed by atoms with van der Waals surface area (Å²) in [7, 11) is 0. The molecular formula is C11H15F2NO. The Hall–Kier alpha value is -1.00. The van der Waals surface area contributed by atoms with Crippen LogP contribution in [0.25, 0.3) is 0 Å². The van der Waals surface area contributed by atoms with Crippen molar-refractivity contribution >= 4 is 0 Å². The molecule has 1 unspecified atom stereocenters. The Labute approximate surface area is 87.9 Å². The molecule has 1 rings (SSSR count). The lowest BCUT2D eigenvalue weighted by molar-refractivity contribution is 0.266. The molecular weight excluding hydrogens is 200 g/mol. The van der Waals surface area contributed by atoms with Crippen LogP contribution in [0.2, 0.25) is 0 Å². The maximum atomic E-state index is 13.0. The van der Waals surface area contributed by atoms with E-state index in [-0.39, 0.29) is 12.6 Å². The zero-order valence-electron chi connectivity index (χ0n) is 8.63. The number of hydrogen-bond donors (Lipinski definition) is 2. The molecule has 0 saturated carbocycles. The van der Waals surface area contributed by atoms with Gasteiger partial charge in [-0.2, -0.15) is 0 Å². The molecule has 0 fully saturated rings. The van der Waals surface area contributed by atoms with Crippen LogP contribution in [-0.4, -0.2) is 18.3 Å². The lowest BCUT2D eigenvalue weighted by Gasteiger charge is -2.17. The second-order valence-electron chi connectivity index (χ2n) is 3.30. The summed E-state index contributed by atoms with van der Waals surface area (Å²) >= 11 is 0. The molecule has 84 valence electrons. The molecule has 0 heterocycles. The average Bonchev–Trinajstić information content (AvgIpc) is 2.22. The molecule has 2 nitrogen and oxygen atoms in total. The molecule has 0 amide bonds. The highest BCUT2D eigenvalue weighted by Crippen LogP contribution is 2.18. The van der Waals surface area contributed by atoms with E-state index < -0.39 is 11.6 Å². The highest BCUT2D eigenvalue weighted by atomic mass is 19.2. The minimum atomic E-state index is -0.853. The summed E-state index contributed by atoms with van der Waals surface area (Å²) in [5.41, 5.74) is 0.657. The minimum absolute atomic E-state index is 0.0106. The van der Waals surface area contributed by atoms with Gasteiger partial charge in [0.25, 0.3) is 0 Å². The van der Waals surface area contributed by atoms with Crippen LogP contribution in [-0.2, 0) is 0 Å². The first kappa shape index (κ1) is 12.1. The molecule has 0 saturated heterocycles. The van der Waals surface area contributed by atoms with E-state index in [9.17, 15) is 8.78 Å². The summed E-state index contributed by atoms with van der Waals surface area (Å²) in [5.74, 6) is -1.70. The van der Waals surface area contributed by atoms with Gasteiger partial charge in [0.05, 0.1) is 0 Å². The van der Waals surface area contributed by atoms with Crippen molar-refractivity contribution in [3.63, 3.8) is 0 Å². The molecule has 0 aliphatic carbocycles. The van der Waals surface area contributed by atoms with Gasteiger partial charge in [-0.3, -0.25) is 0 Å². The average molecular weight is 215 g/mol. The Balaban J connectivity index is 2.85. The summed E-state index contributed by atoms with van der Waals surface area (Å²) < 4.78 is 25.6. The zero-order valence-corrected chi connectivity index (χ0v) is 8.63. The number of nitrogens with one attached hydrogen (secondary N) is 1. The predicted molar refractivity (Wildman–Crippen MR) is 54.5 cm³/mol. The topological polar surface area (TPSA) is 32.3 Å². The first-order valence-electron chi connectivity index (χ1n) is 4.98. The molecule has 0 spiro atoms. The van der Waals surface area contributed by atoms with E-state index in [1.807, 2.05) is 6.92 Å². The Morgan fingerprint density at radius 3 is 2.60 bits per heavy atom. The summed E-state index contributed by atoms with van der Waals surface area (Å²) in [6, 6.07) is 3.67. The van der Waals surface area contributed by atoms with Gasteiger partial charge in [-0.15, -0.1) is 0 Å². The highest BCUT2D eigenvalue weighted by molar-refractivity contribution is 5.21. The van der Waals surface area contributed by atoms with Crippen molar-refractivity contribution < 1.29 is 13.9 Å². The number of hydrogen-bond acceptors (Lipinski definition) is 2. The van der Waals surface area contributed by atoms with Gasteiger partial charge >= 0.3 is 0 Å². The first-order valence-corrected chi connectivity index (χ1v) is 4.98. The van der Waals surface area contributed by atoms with Crippen molar-refractivity contribution in [1.82, 2.24) is 5.32 Å².